The van der Waals surface area contributed by atoms with Crippen LogP contribution in [-0.4, -0.2) is 33.6 Å². The van der Waals surface area contributed by atoms with Crippen molar-refractivity contribution >= 4 is 29.3 Å². The molecule has 5 N–H and O–H groups in total. The minimum Gasteiger partial charge on any atom is -0.398 e. The predicted octanol–water partition coefficient (Wildman–Crippen LogP) is 4.09. The number of nitrogens with zero attached hydrogens (tertiary/aromatic N) is 2. The van der Waals surface area contributed by atoms with Crippen LogP contribution in [0.2, 0.25) is 0 Å². The van der Waals surface area contributed by atoms with Crippen molar-refractivity contribution in [3.8, 4) is 0 Å². The number of para-hydroxylation sites is 1. The number of alkyl halides is 3. The molecular weight excluding hydrogens is 421 g/mol. The molecule has 7 nitrogen and oxygen atoms in total. The summed E-state index contributed by atoms with van der Waals surface area (Å²) in [4.78, 5) is 16.3. The van der Waals surface area contributed by atoms with Crippen LogP contribution in [0.4, 0.5) is 24.7 Å². The summed E-state index contributed by atoms with van der Waals surface area (Å²) < 4.78 is 40.4. The first-order chi connectivity index (χ1) is 15.3. The molecule has 0 saturated heterocycles. The molecule has 1 aliphatic rings. The number of benzene rings is 1. The molecule has 2 heterocycles. The lowest BCUT2D eigenvalue weighted by molar-refractivity contribution is -0.140. The Morgan fingerprint density at radius 3 is 2.50 bits per heavy atom. The zero-order valence-electron chi connectivity index (χ0n) is 17.1. The highest BCUT2D eigenvalue weighted by molar-refractivity contribution is 6.03. The molecule has 0 atom stereocenters. The summed E-state index contributed by atoms with van der Waals surface area (Å²) in [6.07, 6.45) is 0.553. The van der Waals surface area contributed by atoms with Gasteiger partial charge in [-0.15, -0.1) is 0 Å². The van der Waals surface area contributed by atoms with Crippen LogP contribution in [0.5, 0.6) is 0 Å². The highest BCUT2D eigenvalue weighted by Crippen LogP contribution is 2.30. The minimum absolute atomic E-state index is 0.0237. The Kier molecular flexibility index (Phi) is 5.77. The third kappa shape index (κ3) is 4.39. The zero-order chi connectivity index (χ0) is 22.9. The van der Waals surface area contributed by atoms with Gasteiger partial charge in [-0.3, -0.25) is 9.20 Å². The number of halogens is 3. The lowest BCUT2D eigenvalue weighted by Gasteiger charge is -2.30. The minimum atomic E-state index is -4.50. The third-order valence-corrected chi connectivity index (χ3v) is 5.74. The maximum atomic E-state index is 13.0. The number of aromatic nitrogens is 2. The smallest absolute Gasteiger partial charge is 0.398 e. The first-order valence-corrected chi connectivity index (χ1v) is 10.3. The van der Waals surface area contributed by atoms with Gasteiger partial charge in [0.2, 0.25) is 0 Å². The summed E-state index contributed by atoms with van der Waals surface area (Å²) in [5.41, 5.74) is 6.40. The van der Waals surface area contributed by atoms with Gasteiger partial charge in [-0.2, -0.15) is 13.2 Å². The first kappa shape index (κ1) is 21.7. The fraction of sp³-hybridized carbons (Fsp3) is 0.318. The Morgan fingerprint density at radius 2 is 1.81 bits per heavy atom. The standard InChI is InChI=1S/C22H23F3N6O/c23-22(24,25)17-12-31-18(5-2-6-19(31)30-17)28-14-7-9-15(10-8-14)29-21(32)16-4-1-3-13(11-26)20(16)27/h1-6,11-12,14-15,26,28H,7-10,27H2,(H,29,32). The molecule has 0 aliphatic heterocycles. The topological polar surface area (TPSA) is 108 Å². The van der Waals surface area contributed by atoms with Crippen molar-refractivity contribution in [3.63, 3.8) is 0 Å². The molecule has 0 radical (unpaired) electrons. The molecule has 2 aromatic heterocycles. The molecule has 1 aliphatic carbocycles. The lowest BCUT2D eigenvalue weighted by atomic mass is 9.91. The Hall–Kier alpha value is -3.56. The molecule has 0 bridgehead atoms. The fourth-order valence-corrected chi connectivity index (χ4v) is 4.03. The van der Waals surface area contributed by atoms with E-state index in [9.17, 15) is 18.0 Å². The molecule has 1 amide bonds. The number of fused-ring (bicyclic) bond motifs is 1. The number of imidazole rings is 1. The number of hydrogen-bond acceptors (Lipinski definition) is 5. The number of rotatable bonds is 5. The lowest BCUT2D eigenvalue weighted by Crippen LogP contribution is -2.40. The second-order valence-corrected chi connectivity index (χ2v) is 7.88. The normalized spacial score (nSPS) is 19.0. The summed E-state index contributed by atoms with van der Waals surface area (Å²) in [6.45, 7) is 0. The summed E-state index contributed by atoms with van der Waals surface area (Å²) >= 11 is 0. The van der Waals surface area contributed by atoms with Gasteiger partial charge in [0.15, 0.2) is 5.69 Å². The summed E-state index contributed by atoms with van der Waals surface area (Å²) in [5, 5.41) is 13.7. The van der Waals surface area contributed by atoms with Gasteiger partial charge in [0, 0.05) is 30.1 Å². The molecular formula is C22H23F3N6O. The highest BCUT2D eigenvalue weighted by atomic mass is 19.4. The first-order valence-electron chi connectivity index (χ1n) is 10.3. The van der Waals surface area contributed by atoms with Gasteiger partial charge in [-0.25, -0.2) is 4.98 Å². The number of amides is 1. The van der Waals surface area contributed by atoms with Gasteiger partial charge in [-0.05, 0) is 43.9 Å². The van der Waals surface area contributed by atoms with E-state index in [4.69, 9.17) is 11.1 Å². The van der Waals surface area contributed by atoms with Gasteiger partial charge in [-0.1, -0.05) is 18.2 Å². The third-order valence-electron chi connectivity index (χ3n) is 5.74. The Morgan fingerprint density at radius 1 is 1.12 bits per heavy atom. The second-order valence-electron chi connectivity index (χ2n) is 7.88. The van der Waals surface area contributed by atoms with Gasteiger partial charge >= 0.3 is 6.18 Å². The van der Waals surface area contributed by atoms with Crippen LogP contribution in [0.1, 0.15) is 47.3 Å². The van der Waals surface area contributed by atoms with Crippen LogP contribution in [0.25, 0.3) is 5.65 Å². The molecule has 1 aromatic carbocycles. The number of pyridine rings is 1. The van der Waals surface area contributed by atoms with Crippen molar-refractivity contribution in [2.45, 2.75) is 43.9 Å². The van der Waals surface area contributed by atoms with Gasteiger partial charge < -0.3 is 21.8 Å². The van der Waals surface area contributed by atoms with Crippen LogP contribution in [0.15, 0.2) is 42.6 Å². The van der Waals surface area contributed by atoms with Crippen molar-refractivity contribution in [1.29, 1.82) is 5.41 Å². The molecule has 0 unspecified atom stereocenters. The Bertz CT molecular complexity index is 1150. The molecule has 1 saturated carbocycles. The molecule has 10 heteroatoms. The van der Waals surface area contributed by atoms with E-state index in [2.05, 4.69) is 15.6 Å². The number of hydrogen-bond donors (Lipinski definition) is 4. The molecule has 168 valence electrons. The number of carbonyl (C=O) groups is 1. The van der Waals surface area contributed by atoms with Crippen LogP contribution < -0.4 is 16.4 Å². The Balaban J connectivity index is 1.38. The van der Waals surface area contributed by atoms with Crippen LogP contribution >= 0.6 is 0 Å². The number of nitrogens with one attached hydrogen (secondary N) is 3. The second kappa shape index (κ2) is 8.52. The highest BCUT2D eigenvalue weighted by Gasteiger charge is 2.34. The summed E-state index contributed by atoms with van der Waals surface area (Å²) in [5.74, 6) is 0.277. The molecule has 3 aromatic rings. The van der Waals surface area contributed by atoms with Gasteiger partial charge in [0.25, 0.3) is 5.91 Å². The van der Waals surface area contributed by atoms with E-state index in [-0.39, 0.29) is 29.3 Å². The average molecular weight is 444 g/mol. The maximum Gasteiger partial charge on any atom is 0.434 e. The van der Waals surface area contributed by atoms with Gasteiger partial charge in [0.1, 0.15) is 11.5 Å². The predicted molar refractivity (Wildman–Crippen MR) is 116 cm³/mol. The number of nitrogens with two attached hydrogens (primary N) is 1. The van der Waals surface area contributed by atoms with Crippen molar-refractivity contribution in [3.05, 3.63) is 59.4 Å². The summed E-state index contributed by atoms with van der Waals surface area (Å²) in [7, 11) is 0. The quantitative estimate of drug-likeness (QED) is 0.351. The fourth-order valence-electron chi connectivity index (χ4n) is 4.03. The van der Waals surface area contributed by atoms with Crippen LogP contribution in [-0.2, 0) is 6.18 Å². The van der Waals surface area contributed by atoms with Crippen molar-refractivity contribution < 1.29 is 18.0 Å². The zero-order valence-corrected chi connectivity index (χ0v) is 17.1. The van der Waals surface area contributed by atoms with Crippen LogP contribution in [0.3, 0.4) is 0 Å². The molecule has 0 spiro atoms. The monoisotopic (exact) mass is 444 g/mol. The number of anilines is 2. The van der Waals surface area contributed by atoms with E-state index in [0.717, 1.165) is 38.1 Å². The van der Waals surface area contributed by atoms with Crippen molar-refractivity contribution in [2.75, 3.05) is 11.1 Å². The van der Waals surface area contributed by atoms with Crippen molar-refractivity contribution in [2.24, 2.45) is 0 Å². The number of nitrogen functional groups attached to an aromatic ring is 1. The molecule has 4 rings (SSSR count). The molecule has 32 heavy (non-hydrogen) atoms. The van der Waals surface area contributed by atoms with E-state index in [1.54, 1.807) is 30.3 Å². The van der Waals surface area contributed by atoms with Crippen LogP contribution in [0, 0.1) is 5.41 Å². The maximum absolute atomic E-state index is 13.0. The van der Waals surface area contributed by atoms with E-state index in [0.29, 0.717) is 16.9 Å². The van der Waals surface area contributed by atoms with E-state index in [1.165, 1.54) is 10.5 Å². The van der Waals surface area contributed by atoms with Crippen molar-refractivity contribution in [1.82, 2.24) is 14.7 Å². The van der Waals surface area contributed by atoms with E-state index >= 15 is 0 Å². The largest absolute Gasteiger partial charge is 0.434 e. The average Bonchev–Trinajstić information content (AvgIpc) is 3.21. The summed E-state index contributed by atoms with van der Waals surface area (Å²) in [6, 6.07) is 9.96. The van der Waals surface area contributed by atoms with E-state index < -0.39 is 11.9 Å². The van der Waals surface area contributed by atoms with Gasteiger partial charge in [0.05, 0.1) is 11.3 Å². The number of carbonyl (C=O) groups excluding carboxylic acids is 1. The van der Waals surface area contributed by atoms with E-state index in [1.807, 2.05) is 0 Å². The Labute approximate surface area is 182 Å². The molecule has 1 fully saturated rings. The SMILES string of the molecule is N=Cc1cccc(C(=O)NC2CCC(Nc3cccc4nc(C(F)(F)F)cn34)CC2)c1N.